The van der Waals surface area contributed by atoms with E-state index in [1.54, 1.807) is 0 Å². The number of amides is 1. The number of sulfone groups is 1. The number of hydrogen-bond acceptors (Lipinski definition) is 3. The van der Waals surface area contributed by atoms with E-state index in [1.165, 1.54) is 13.8 Å². The fraction of sp³-hybridized carbons (Fsp3) is 0.588. The predicted octanol–water partition coefficient (Wildman–Crippen LogP) is 3.44. The van der Waals surface area contributed by atoms with Crippen molar-refractivity contribution in [3.63, 3.8) is 0 Å². The van der Waals surface area contributed by atoms with E-state index in [0.717, 1.165) is 5.56 Å². The Balaban J connectivity index is 2.65. The summed E-state index contributed by atoms with van der Waals surface area (Å²) in [7, 11) is -4.01. The SMILES string of the molecule is CC(CNC(=O)C(C)(C)S(=O)(=O)CCCC(F)(F)F)c1ccccc1. The molecule has 0 aliphatic rings. The van der Waals surface area contributed by atoms with Gasteiger partial charge in [0.15, 0.2) is 9.84 Å². The van der Waals surface area contributed by atoms with Crippen molar-refractivity contribution in [2.45, 2.75) is 50.5 Å². The molecule has 1 amide bonds. The largest absolute Gasteiger partial charge is 0.389 e. The Hall–Kier alpha value is -1.57. The smallest absolute Gasteiger partial charge is 0.354 e. The van der Waals surface area contributed by atoms with Crippen LogP contribution in [0, 0.1) is 0 Å². The molecule has 1 rings (SSSR count). The van der Waals surface area contributed by atoms with Crippen molar-refractivity contribution in [1.29, 1.82) is 0 Å². The first-order valence-corrected chi connectivity index (χ1v) is 9.64. The molecule has 4 nitrogen and oxygen atoms in total. The summed E-state index contributed by atoms with van der Waals surface area (Å²) in [6.07, 6.45) is -6.15. The van der Waals surface area contributed by atoms with Gasteiger partial charge < -0.3 is 5.32 Å². The molecule has 142 valence electrons. The third kappa shape index (κ3) is 6.34. The van der Waals surface area contributed by atoms with Crippen molar-refractivity contribution in [3.05, 3.63) is 35.9 Å². The van der Waals surface area contributed by atoms with Crippen LogP contribution in [0.5, 0.6) is 0 Å². The van der Waals surface area contributed by atoms with E-state index in [-0.39, 0.29) is 12.5 Å². The average molecular weight is 379 g/mol. The number of carbonyl (C=O) groups is 1. The van der Waals surface area contributed by atoms with Gasteiger partial charge >= 0.3 is 6.18 Å². The molecule has 0 aliphatic heterocycles. The third-order valence-electron chi connectivity index (χ3n) is 4.14. The molecule has 0 bridgehead atoms. The Labute approximate surface area is 146 Å². The molecular weight excluding hydrogens is 355 g/mol. The minimum Gasteiger partial charge on any atom is -0.354 e. The van der Waals surface area contributed by atoms with Crippen molar-refractivity contribution in [3.8, 4) is 0 Å². The molecule has 1 unspecified atom stereocenters. The van der Waals surface area contributed by atoms with Crippen molar-refractivity contribution in [1.82, 2.24) is 5.32 Å². The zero-order valence-corrected chi connectivity index (χ0v) is 15.4. The second-order valence-electron chi connectivity index (χ2n) is 6.57. The van der Waals surface area contributed by atoms with E-state index in [0.29, 0.717) is 0 Å². The Morgan fingerprint density at radius 3 is 2.24 bits per heavy atom. The fourth-order valence-corrected chi connectivity index (χ4v) is 3.61. The molecule has 25 heavy (non-hydrogen) atoms. The maximum Gasteiger partial charge on any atom is 0.389 e. The summed E-state index contributed by atoms with van der Waals surface area (Å²) in [5.41, 5.74) is 0.994. The predicted molar refractivity (Wildman–Crippen MR) is 91.0 cm³/mol. The Morgan fingerprint density at radius 2 is 1.72 bits per heavy atom. The number of rotatable bonds is 8. The van der Waals surface area contributed by atoms with Gasteiger partial charge in [-0.2, -0.15) is 13.2 Å². The summed E-state index contributed by atoms with van der Waals surface area (Å²) in [5.74, 6) is -1.41. The lowest BCUT2D eigenvalue weighted by atomic mass is 10.0. The number of alkyl halides is 3. The monoisotopic (exact) mass is 379 g/mol. The highest BCUT2D eigenvalue weighted by atomic mass is 32.2. The summed E-state index contributed by atoms with van der Waals surface area (Å²) >= 11 is 0. The minimum absolute atomic E-state index is 0.0196. The quantitative estimate of drug-likeness (QED) is 0.753. The van der Waals surface area contributed by atoms with Gasteiger partial charge in [0.1, 0.15) is 4.75 Å². The van der Waals surface area contributed by atoms with Crippen LogP contribution in [0.25, 0.3) is 0 Å². The van der Waals surface area contributed by atoms with Crippen LogP contribution in [-0.4, -0.2) is 37.5 Å². The van der Waals surface area contributed by atoms with E-state index in [9.17, 15) is 26.4 Å². The van der Waals surface area contributed by atoms with Crippen molar-refractivity contribution in [2.75, 3.05) is 12.3 Å². The van der Waals surface area contributed by atoms with Crippen LogP contribution >= 0.6 is 0 Å². The topological polar surface area (TPSA) is 63.2 Å². The molecule has 0 radical (unpaired) electrons. The number of hydrogen-bond donors (Lipinski definition) is 1. The van der Waals surface area contributed by atoms with Crippen molar-refractivity contribution >= 4 is 15.7 Å². The third-order valence-corrected chi connectivity index (χ3v) is 6.70. The molecule has 0 saturated carbocycles. The van der Waals surface area contributed by atoms with Crippen LogP contribution < -0.4 is 5.32 Å². The van der Waals surface area contributed by atoms with Crippen LogP contribution in [0.3, 0.4) is 0 Å². The first-order chi connectivity index (χ1) is 11.4. The summed E-state index contributed by atoms with van der Waals surface area (Å²) < 4.78 is 59.3. The van der Waals surface area contributed by atoms with Gasteiger partial charge in [0.05, 0.1) is 5.75 Å². The summed E-state index contributed by atoms with van der Waals surface area (Å²) in [6, 6.07) is 9.39. The Kier molecular flexibility index (Phi) is 7.05. The molecular formula is C17H24F3NO3S. The normalized spacial score (nSPS) is 14.2. The van der Waals surface area contributed by atoms with E-state index in [2.05, 4.69) is 5.32 Å². The van der Waals surface area contributed by atoms with Gasteiger partial charge in [-0.15, -0.1) is 0 Å². The maximum absolute atomic E-state index is 12.3. The lowest BCUT2D eigenvalue weighted by molar-refractivity contribution is -0.134. The highest BCUT2D eigenvalue weighted by Gasteiger charge is 2.41. The molecule has 1 N–H and O–H groups in total. The van der Waals surface area contributed by atoms with Crippen LogP contribution in [-0.2, 0) is 14.6 Å². The van der Waals surface area contributed by atoms with E-state index < -0.39 is 45.3 Å². The highest BCUT2D eigenvalue weighted by molar-refractivity contribution is 7.93. The summed E-state index contributed by atoms with van der Waals surface area (Å²) in [4.78, 5) is 12.3. The van der Waals surface area contributed by atoms with Gasteiger partial charge in [0, 0.05) is 13.0 Å². The zero-order valence-electron chi connectivity index (χ0n) is 14.6. The van der Waals surface area contributed by atoms with Gasteiger partial charge in [-0.05, 0) is 31.7 Å². The van der Waals surface area contributed by atoms with Crippen molar-refractivity contribution < 1.29 is 26.4 Å². The van der Waals surface area contributed by atoms with E-state index >= 15 is 0 Å². The number of nitrogens with one attached hydrogen (secondary N) is 1. The molecule has 0 heterocycles. The summed E-state index contributed by atoms with van der Waals surface area (Å²) in [6.45, 7) is 4.57. The molecule has 0 spiro atoms. The number of benzene rings is 1. The molecule has 0 fully saturated rings. The first kappa shape index (κ1) is 21.5. The molecule has 8 heteroatoms. The molecule has 0 aliphatic carbocycles. The zero-order chi connectivity index (χ0) is 19.3. The lowest BCUT2D eigenvalue weighted by Crippen LogP contribution is -2.49. The minimum atomic E-state index is -4.41. The van der Waals surface area contributed by atoms with Gasteiger partial charge in [-0.3, -0.25) is 4.79 Å². The van der Waals surface area contributed by atoms with Gasteiger partial charge in [-0.1, -0.05) is 37.3 Å². The van der Waals surface area contributed by atoms with Crippen molar-refractivity contribution in [2.24, 2.45) is 0 Å². The lowest BCUT2D eigenvalue weighted by Gasteiger charge is -2.25. The second kappa shape index (κ2) is 8.21. The molecule has 0 saturated heterocycles. The van der Waals surface area contributed by atoms with Crippen LogP contribution in [0.4, 0.5) is 13.2 Å². The number of halogens is 3. The summed E-state index contributed by atoms with van der Waals surface area (Å²) in [5, 5.41) is 2.59. The van der Waals surface area contributed by atoms with Gasteiger partial charge in [0.25, 0.3) is 0 Å². The van der Waals surface area contributed by atoms with E-state index in [1.807, 2.05) is 37.3 Å². The van der Waals surface area contributed by atoms with Crippen LogP contribution in [0.1, 0.15) is 45.1 Å². The average Bonchev–Trinajstić information content (AvgIpc) is 2.51. The second-order valence-corrected chi connectivity index (χ2v) is 9.23. The standard InChI is InChI=1S/C17H24F3NO3S/c1-13(14-8-5-4-6-9-14)12-21-15(22)16(2,3)25(23,24)11-7-10-17(18,19)20/h4-6,8-9,13H,7,10-12H2,1-3H3,(H,21,22). The maximum atomic E-state index is 12.3. The first-order valence-electron chi connectivity index (χ1n) is 7.99. The Morgan fingerprint density at radius 1 is 1.16 bits per heavy atom. The highest BCUT2D eigenvalue weighted by Crippen LogP contribution is 2.25. The van der Waals surface area contributed by atoms with Gasteiger partial charge in [-0.25, -0.2) is 8.42 Å². The molecule has 1 aromatic carbocycles. The molecule has 1 atom stereocenters. The molecule has 0 aromatic heterocycles. The van der Waals surface area contributed by atoms with Gasteiger partial charge in [0.2, 0.25) is 5.91 Å². The Bertz CT molecular complexity index is 670. The van der Waals surface area contributed by atoms with E-state index in [4.69, 9.17) is 0 Å². The van der Waals surface area contributed by atoms with Crippen LogP contribution in [0.15, 0.2) is 30.3 Å². The fourth-order valence-electron chi connectivity index (χ4n) is 2.22. The van der Waals surface area contributed by atoms with Crippen LogP contribution in [0.2, 0.25) is 0 Å². The number of carbonyl (C=O) groups excluding carboxylic acids is 1. The molecule has 1 aromatic rings.